The van der Waals surface area contributed by atoms with Crippen molar-refractivity contribution in [2.45, 2.75) is 37.6 Å². The Labute approximate surface area is 122 Å². The molecule has 1 aromatic rings. The average Bonchev–Trinajstić information content (AvgIpc) is 2.75. The number of benzene rings is 1. The Kier molecular flexibility index (Phi) is 4.18. The molecule has 4 N–H and O–H groups in total. The first kappa shape index (κ1) is 14.7. The van der Waals surface area contributed by atoms with Crippen LogP contribution in [0.5, 0.6) is 0 Å². The highest BCUT2D eigenvalue weighted by atomic mass is 35.5. The summed E-state index contributed by atoms with van der Waals surface area (Å²) < 4.78 is 0. The molecular formula is C14H17ClN2O3. The molecule has 1 aliphatic rings. The summed E-state index contributed by atoms with van der Waals surface area (Å²) in [5, 5.41) is 12.6. The monoisotopic (exact) mass is 296 g/mol. The van der Waals surface area contributed by atoms with Crippen molar-refractivity contribution in [3.8, 4) is 0 Å². The van der Waals surface area contributed by atoms with Crippen LogP contribution in [0.25, 0.3) is 0 Å². The number of halogens is 1. The molecule has 108 valence electrons. The Morgan fingerprint density at radius 2 is 2.00 bits per heavy atom. The van der Waals surface area contributed by atoms with Crippen molar-refractivity contribution in [3.05, 3.63) is 28.8 Å². The molecule has 2 rings (SSSR count). The predicted octanol–water partition coefficient (Wildman–Crippen LogP) is 2.64. The highest BCUT2D eigenvalue weighted by molar-refractivity contribution is 6.34. The number of amides is 1. The summed E-state index contributed by atoms with van der Waals surface area (Å²) in [5.74, 6) is -1.40. The molecule has 0 heterocycles. The number of rotatable bonds is 5. The first-order valence-electron chi connectivity index (χ1n) is 6.51. The second-order valence-electron chi connectivity index (χ2n) is 5.24. The largest absolute Gasteiger partial charge is 0.481 e. The lowest BCUT2D eigenvalue weighted by molar-refractivity contribution is -0.138. The maximum atomic E-state index is 11.1. The Balaban J connectivity index is 2.21. The zero-order valence-electron chi connectivity index (χ0n) is 11.0. The van der Waals surface area contributed by atoms with E-state index in [9.17, 15) is 9.59 Å². The number of nitrogens with one attached hydrogen (secondary N) is 1. The van der Waals surface area contributed by atoms with Gasteiger partial charge >= 0.3 is 5.97 Å². The maximum Gasteiger partial charge on any atom is 0.305 e. The van der Waals surface area contributed by atoms with E-state index in [1.165, 1.54) is 0 Å². The number of carboxylic acids is 1. The number of hydrogen-bond donors (Lipinski definition) is 3. The van der Waals surface area contributed by atoms with Gasteiger partial charge in [0.05, 0.1) is 17.0 Å². The third kappa shape index (κ3) is 3.22. The van der Waals surface area contributed by atoms with Gasteiger partial charge in [-0.2, -0.15) is 0 Å². The van der Waals surface area contributed by atoms with E-state index >= 15 is 0 Å². The maximum absolute atomic E-state index is 11.1. The molecule has 1 aromatic carbocycles. The van der Waals surface area contributed by atoms with E-state index in [0.717, 1.165) is 25.7 Å². The SMILES string of the molecule is NC(=O)c1ccc(NC2(CC(=O)O)CCCC2)cc1Cl. The topological polar surface area (TPSA) is 92.4 Å². The minimum absolute atomic E-state index is 0.0716. The van der Waals surface area contributed by atoms with Crippen molar-refractivity contribution in [3.63, 3.8) is 0 Å². The molecular weight excluding hydrogens is 280 g/mol. The average molecular weight is 297 g/mol. The molecule has 5 nitrogen and oxygen atoms in total. The van der Waals surface area contributed by atoms with Crippen molar-refractivity contribution in [1.29, 1.82) is 0 Å². The molecule has 1 amide bonds. The van der Waals surface area contributed by atoms with Gasteiger partial charge in [-0.1, -0.05) is 24.4 Å². The highest BCUT2D eigenvalue weighted by Crippen LogP contribution is 2.36. The van der Waals surface area contributed by atoms with Crippen LogP contribution in [0.4, 0.5) is 5.69 Å². The molecule has 20 heavy (non-hydrogen) atoms. The van der Waals surface area contributed by atoms with Crippen molar-refractivity contribution in [2.75, 3.05) is 5.32 Å². The molecule has 0 bridgehead atoms. The fourth-order valence-electron chi connectivity index (χ4n) is 2.79. The van der Waals surface area contributed by atoms with Crippen LogP contribution in [0.1, 0.15) is 42.5 Å². The zero-order chi connectivity index (χ0) is 14.8. The summed E-state index contributed by atoms with van der Waals surface area (Å²) in [5.41, 5.74) is 5.74. The van der Waals surface area contributed by atoms with Crippen LogP contribution in [0.3, 0.4) is 0 Å². The Bertz CT molecular complexity index is 539. The van der Waals surface area contributed by atoms with Crippen LogP contribution in [0.2, 0.25) is 5.02 Å². The molecule has 0 atom stereocenters. The third-order valence-electron chi connectivity index (χ3n) is 3.69. The summed E-state index contributed by atoms with van der Waals surface area (Å²) in [4.78, 5) is 22.2. The van der Waals surface area contributed by atoms with Crippen molar-refractivity contribution >= 4 is 29.2 Å². The van der Waals surface area contributed by atoms with Gasteiger partial charge in [-0.05, 0) is 31.0 Å². The van der Waals surface area contributed by atoms with Crippen molar-refractivity contribution < 1.29 is 14.7 Å². The van der Waals surface area contributed by atoms with Gasteiger partial charge in [-0.3, -0.25) is 9.59 Å². The van der Waals surface area contributed by atoms with Gasteiger partial charge in [-0.15, -0.1) is 0 Å². The summed E-state index contributed by atoms with van der Waals surface area (Å²) in [7, 11) is 0. The molecule has 0 aromatic heterocycles. The van der Waals surface area contributed by atoms with Crippen molar-refractivity contribution in [2.24, 2.45) is 5.73 Å². The molecule has 1 fully saturated rings. The fraction of sp³-hybridized carbons (Fsp3) is 0.429. The van der Waals surface area contributed by atoms with E-state index in [1.54, 1.807) is 18.2 Å². The Morgan fingerprint density at radius 3 is 2.50 bits per heavy atom. The highest BCUT2D eigenvalue weighted by Gasteiger charge is 2.36. The molecule has 6 heteroatoms. The first-order valence-corrected chi connectivity index (χ1v) is 6.89. The minimum atomic E-state index is -0.820. The Hall–Kier alpha value is -1.75. The summed E-state index contributed by atoms with van der Waals surface area (Å²) in [6.07, 6.45) is 3.71. The summed E-state index contributed by atoms with van der Waals surface area (Å²) in [6, 6.07) is 4.87. The Morgan fingerprint density at radius 1 is 1.35 bits per heavy atom. The number of carbonyl (C=O) groups excluding carboxylic acids is 1. The van der Waals surface area contributed by atoms with E-state index in [0.29, 0.717) is 5.69 Å². The second kappa shape index (κ2) is 5.71. The van der Waals surface area contributed by atoms with Gasteiger partial charge in [-0.25, -0.2) is 0 Å². The molecule has 0 saturated heterocycles. The van der Waals surface area contributed by atoms with Gasteiger partial charge in [0.15, 0.2) is 0 Å². The molecule has 0 unspecified atom stereocenters. The molecule has 0 aliphatic heterocycles. The standard InChI is InChI=1S/C14H17ClN2O3/c15-11-7-9(3-4-10(11)13(16)20)17-14(8-12(18)19)5-1-2-6-14/h3-4,7,17H,1-2,5-6,8H2,(H2,16,20)(H,18,19). The van der Waals surface area contributed by atoms with E-state index in [1.807, 2.05) is 0 Å². The number of carboxylic acid groups (broad SMARTS) is 1. The van der Waals surface area contributed by atoms with Crippen LogP contribution in [-0.2, 0) is 4.79 Å². The normalized spacial score (nSPS) is 16.9. The lowest BCUT2D eigenvalue weighted by atomic mass is 9.92. The summed E-state index contributed by atoms with van der Waals surface area (Å²) >= 11 is 6.00. The molecule has 0 spiro atoms. The van der Waals surface area contributed by atoms with Gasteiger partial charge in [0.2, 0.25) is 5.91 Å². The number of anilines is 1. The number of aliphatic carboxylic acids is 1. The van der Waals surface area contributed by atoms with Crippen LogP contribution >= 0.6 is 11.6 Å². The molecule has 1 aliphatic carbocycles. The molecule has 1 saturated carbocycles. The zero-order valence-corrected chi connectivity index (χ0v) is 11.7. The number of primary amides is 1. The van der Waals surface area contributed by atoms with Gasteiger partial charge in [0.25, 0.3) is 0 Å². The molecule has 0 radical (unpaired) electrons. The van der Waals surface area contributed by atoms with Crippen LogP contribution in [0, 0.1) is 0 Å². The van der Waals surface area contributed by atoms with Gasteiger partial charge < -0.3 is 16.2 Å². The smallest absolute Gasteiger partial charge is 0.305 e. The third-order valence-corrected chi connectivity index (χ3v) is 4.01. The van der Waals surface area contributed by atoms with Crippen LogP contribution < -0.4 is 11.1 Å². The predicted molar refractivity (Wildman–Crippen MR) is 77.0 cm³/mol. The van der Waals surface area contributed by atoms with E-state index in [2.05, 4.69) is 5.32 Å². The number of nitrogens with two attached hydrogens (primary N) is 1. The lowest BCUT2D eigenvalue weighted by Gasteiger charge is -2.30. The second-order valence-corrected chi connectivity index (χ2v) is 5.65. The van der Waals surface area contributed by atoms with E-state index < -0.39 is 17.4 Å². The van der Waals surface area contributed by atoms with Crippen LogP contribution in [-0.4, -0.2) is 22.5 Å². The lowest BCUT2D eigenvalue weighted by Crippen LogP contribution is -2.37. The van der Waals surface area contributed by atoms with E-state index in [4.69, 9.17) is 22.4 Å². The van der Waals surface area contributed by atoms with Crippen molar-refractivity contribution in [1.82, 2.24) is 0 Å². The minimum Gasteiger partial charge on any atom is -0.481 e. The van der Waals surface area contributed by atoms with E-state index in [-0.39, 0.29) is 17.0 Å². The van der Waals surface area contributed by atoms with Crippen LogP contribution in [0.15, 0.2) is 18.2 Å². The first-order chi connectivity index (χ1) is 9.42. The number of hydrogen-bond acceptors (Lipinski definition) is 3. The fourth-order valence-corrected chi connectivity index (χ4v) is 3.06. The van der Waals surface area contributed by atoms with Gasteiger partial charge in [0, 0.05) is 11.2 Å². The van der Waals surface area contributed by atoms with Gasteiger partial charge in [0.1, 0.15) is 0 Å². The quantitative estimate of drug-likeness (QED) is 0.779. The summed E-state index contributed by atoms with van der Waals surface area (Å²) in [6.45, 7) is 0. The number of carbonyl (C=O) groups is 2.